The zero-order valence-electron chi connectivity index (χ0n) is 11.0. The fourth-order valence-electron chi connectivity index (χ4n) is 2.23. The van der Waals surface area contributed by atoms with Crippen molar-refractivity contribution in [3.05, 3.63) is 84.9 Å². The summed E-state index contributed by atoms with van der Waals surface area (Å²) < 4.78 is 0. The summed E-state index contributed by atoms with van der Waals surface area (Å²) in [5, 5.41) is 0. The van der Waals surface area contributed by atoms with Crippen LogP contribution in [0.3, 0.4) is 0 Å². The molecule has 0 aliphatic carbocycles. The summed E-state index contributed by atoms with van der Waals surface area (Å²) >= 11 is 4.45. The highest BCUT2D eigenvalue weighted by Gasteiger charge is 2.11. The van der Waals surface area contributed by atoms with Crippen LogP contribution in [-0.2, 0) is 0 Å². The van der Waals surface area contributed by atoms with Gasteiger partial charge in [0, 0.05) is 22.0 Å². The molecule has 0 fully saturated rings. The van der Waals surface area contributed by atoms with Crippen LogP contribution in [0.5, 0.6) is 0 Å². The molecule has 0 saturated heterocycles. The summed E-state index contributed by atoms with van der Waals surface area (Å²) in [7, 11) is 0. The van der Waals surface area contributed by atoms with E-state index in [0.29, 0.717) is 0 Å². The number of thiol groups is 1. The SMILES string of the molecule is Sc1cccc(N(c2ccccc2)c2ccccc2)c1. The van der Waals surface area contributed by atoms with E-state index in [2.05, 4.69) is 78.2 Å². The minimum Gasteiger partial charge on any atom is -0.310 e. The Hall–Kier alpha value is -2.19. The molecule has 0 aliphatic heterocycles. The van der Waals surface area contributed by atoms with Gasteiger partial charge in [0.05, 0.1) is 0 Å². The van der Waals surface area contributed by atoms with Gasteiger partial charge in [0.1, 0.15) is 0 Å². The quantitative estimate of drug-likeness (QED) is 0.623. The van der Waals surface area contributed by atoms with Gasteiger partial charge < -0.3 is 4.90 Å². The lowest BCUT2D eigenvalue weighted by Crippen LogP contribution is -2.09. The summed E-state index contributed by atoms with van der Waals surface area (Å²) in [5.41, 5.74) is 3.38. The van der Waals surface area contributed by atoms with Crippen molar-refractivity contribution in [2.45, 2.75) is 4.90 Å². The van der Waals surface area contributed by atoms with Crippen LogP contribution in [0.15, 0.2) is 89.8 Å². The molecule has 0 heterocycles. The monoisotopic (exact) mass is 277 g/mol. The Morgan fingerprint density at radius 3 is 1.55 bits per heavy atom. The molecule has 0 amide bonds. The topological polar surface area (TPSA) is 3.24 Å². The van der Waals surface area contributed by atoms with E-state index >= 15 is 0 Å². The lowest BCUT2D eigenvalue weighted by Gasteiger charge is -2.25. The van der Waals surface area contributed by atoms with E-state index in [1.165, 1.54) is 0 Å². The second-order valence-electron chi connectivity index (χ2n) is 4.53. The van der Waals surface area contributed by atoms with Gasteiger partial charge in [0.15, 0.2) is 0 Å². The van der Waals surface area contributed by atoms with Crippen molar-refractivity contribution in [3.63, 3.8) is 0 Å². The maximum atomic E-state index is 4.45. The zero-order valence-corrected chi connectivity index (χ0v) is 11.9. The molecule has 0 N–H and O–H groups in total. The summed E-state index contributed by atoms with van der Waals surface area (Å²) in [6.07, 6.45) is 0. The lowest BCUT2D eigenvalue weighted by atomic mass is 10.2. The van der Waals surface area contributed by atoms with Crippen molar-refractivity contribution in [1.29, 1.82) is 0 Å². The van der Waals surface area contributed by atoms with E-state index in [4.69, 9.17) is 0 Å². The zero-order chi connectivity index (χ0) is 13.8. The molecule has 0 saturated carbocycles. The highest BCUT2D eigenvalue weighted by atomic mass is 32.1. The van der Waals surface area contributed by atoms with Crippen LogP contribution in [0.4, 0.5) is 17.1 Å². The highest BCUT2D eigenvalue weighted by molar-refractivity contribution is 7.80. The van der Waals surface area contributed by atoms with Crippen molar-refractivity contribution >= 4 is 29.7 Å². The van der Waals surface area contributed by atoms with Crippen LogP contribution < -0.4 is 4.90 Å². The van der Waals surface area contributed by atoms with Gasteiger partial charge in [-0.15, -0.1) is 12.6 Å². The molecule has 3 aromatic rings. The van der Waals surface area contributed by atoms with Gasteiger partial charge >= 0.3 is 0 Å². The van der Waals surface area contributed by atoms with E-state index in [-0.39, 0.29) is 0 Å². The molecular formula is C18H15NS. The van der Waals surface area contributed by atoms with Gasteiger partial charge in [0.2, 0.25) is 0 Å². The average molecular weight is 277 g/mol. The number of para-hydroxylation sites is 2. The minimum atomic E-state index is 0.958. The third kappa shape index (κ3) is 2.70. The molecule has 0 atom stereocenters. The number of rotatable bonds is 3. The summed E-state index contributed by atoms with van der Waals surface area (Å²) in [6, 6.07) is 28.9. The van der Waals surface area contributed by atoms with Gasteiger partial charge in [-0.2, -0.15) is 0 Å². The molecule has 20 heavy (non-hydrogen) atoms. The molecule has 0 aromatic heterocycles. The normalized spacial score (nSPS) is 10.2. The summed E-state index contributed by atoms with van der Waals surface area (Å²) in [6.45, 7) is 0. The van der Waals surface area contributed by atoms with E-state index in [0.717, 1.165) is 22.0 Å². The lowest BCUT2D eigenvalue weighted by molar-refractivity contribution is 1.26. The predicted octanol–water partition coefficient (Wildman–Crippen LogP) is 5.45. The molecule has 0 spiro atoms. The molecule has 2 heteroatoms. The number of hydrogen-bond donors (Lipinski definition) is 1. The predicted molar refractivity (Wildman–Crippen MR) is 88.4 cm³/mol. The summed E-state index contributed by atoms with van der Waals surface area (Å²) in [4.78, 5) is 3.18. The van der Waals surface area contributed by atoms with Crippen LogP contribution in [0.2, 0.25) is 0 Å². The largest absolute Gasteiger partial charge is 0.310 e. The number of hydrogen-bond acceptors (Lipinski definition) is 2. The molecule has 3 aromatic carbocycles. The van der Waals surface area contributed by atoms with Crippen LogP contribution in [-0.4, -0.2) is 0 Å². The van der Waals surface area contributed by atoms with Crippen LogP contribution in [0, 0.1) is 0 Å². The third-order valence-corrected chi connectivity index (χ3v) is 3.39. The van der Waals surface area contributed by atoms with Crippen molar-refractivity contribution in [1.82, 2.24) is 0 Å². The second kappa shape index (κ2) is 5.85. The van der Waals surface area contributed by atoms with Gasteiger partial charge in [-0.1, -0.05) is 42.5 Å². The first kappa shape index (κ1) is 12.8. The standard InChI is InChI=1S/C18H15NS/c20-18-13-7-12-17(14-18)19(15-8-3-1-4-9-15)16-10-5-2-6-11-16/h1-14,20H. The van der Waals surface area contributed by atoms with E-state index in [1.807, 2.05) is 24.3 Å². The molecule has 0 aliphatic rings. The van der Waals surface area contributed by atoms with Crippen LogP contribution in [0.25, 0.3) is 0 Å². The summed E-state index contributed by atoms with van der Waals surface area (Å²) in [5.74, 6) is 0. The number of anilines is 3. The van der Waals surface area contributed by atoms with Gasteiger partial charge in [0.25, 0.3) is 0 Å². The average Bonchev–Trinajstić information content (AvgIpc) is 2.50. The Bertz CT molecular complexity index is 641. The Labute approximate surface area is 124 Å². The van der Waals surface area contributed by atoms with E-state index in [1.54, 1.807) is 0 Å². The first-order valence-corrected chi connectivity index (χ1v) is 6.98. The van der Waals surface area contributed by atoms with Crippen molar-refractivity contribution < 1.29 is 0 Å². The Morgan fingerprint density at radius 2 is 1.05 bits per heavy atom. The molecule has 3 rings (SSSR count). The molecular weight excluding hydrogens is 262 g/mol. The fraction of sp³-hybridized carbons (Fsp3) is 0. The van der Waals surface area contributed by atoms with E-state index < -0.39 is 0 Å². The number of benzene rings is 3. The van der Waals surface area contributed by atoms with Crippen molar-refractivity contribution in [2.24, 2.45) is 0 Å². The Balaban J connectivity index is 2.14. The van der Waals surface area contributed by atoms with Gasteiger partial charge in [-0.05, 0) is 42.5 Å². The van der Waals surface area contributed by atoms with Crippen LogP contribution in [0.1, 0.15) is 0 Å². The molecule has 0 radical (unpaired) electrons. The van der Waals surface area contributed by atoms with Crippen molar-refractivity contribution in [3.8, 4) is 0 Å². The maximum Gasteiger partial charge on any atom is 0.0472 e. The van der Waals surface area contributed by atoms with E-state index in [9.17, 15) is 0 Å². The maximum absolute atomic E-state index is 4.45. The third-order valence-electron chi connectivity index (χ3n) is 3.12. The Morgan fingerprint density at radius 1 is 0.550 bits per heavy atom. The first-order valence-electron chi connectivity index (χ1n) is 6.54. The van der Waals surface area contributed by atoms with Crippen LogP contribution >= 0.6 is 12.6 Å². The van der Waals surface area contributed by atoms with Crippen molar-refractivity contribution in [2.75, 3.05) is 4.90 Å². The second-order valence-corrected chi connectivity index (χ2v) is 5.04. The minimum absolute atomic E-state index is 0.958. The van der Waals surface area contributed by atoms with Gasteiger partial charge in [-0.3, -0.25) is 0 Å². The molecule has 0 bridgehead atoms. The first-order chi connectivity index (χ1) is 9.84. The molecule has 1 nitrogen and oxygen atoms in total. The fourth-order valence-corrected chi connectivity index (χ4v) is 2.45. The molecule has 98 valence electrons. The van der Waals surface area contributed by atoms with Gasteiger partial charge in [-0.25, -0.2) is 0 Å². The smallest absolute Gasteiger partial charge is 0.0472 e. The number of nitrogens with zero attached hydrogens (tertiary/aromatic N) is 1. The highest BCUT2D eigenvalue weighted by Crippen LogP contribution is 2.34. The molecule has 0 unspecified atom stereocenters. The Kier molecular flexibility index (Phi) is 3.75.